The van der Waals surface area contributed by atoms with Gasteiger partial charge in [0.1, 0.15) is 0 Å². The molecule has 0 radical (unpaired) electrons. The van der Waals surface area contributed by atoms with Gasteiger partial charge in [-0.25, -0.2) is 8.42 Å². The van der Waals surface area contributed by atoms with Crippen molar-refractivity contribution < 1.29 is 8.42 Å². The molecule has 0 unspecified atom stereocenters. The van der Waals surface area contributed by atoms with Gasteiger partial charge in [0.05, 0.1) is 14.8 Å². The zero-order chi connectivity index (χ0) is 17.1. The number of guanidine groups is 1. The van der Waals surface area contributed by atoms with Crippen LogP contribution in [0.15, 0.2) is 17.1 Å². The van der Waals surface area contributed by atoms with Crippen LogP contribution in [-0.2, 0) is 16.3 Å². The summed E-state index contributed by atoms with van der Waals surface area (Å²) in [6, 6.07) is 3.92. The van der Waals surface area contributed by atoms with Crippen molar-refractivity contribution in [1.29, 1.82) is 0 Å². The summed E-state index contributed by atoms with van der Waals surface area (Å²) >= 11 is 7.51. The van der Waals surface area contributed by atoms with E-state index in [1.54, 1.807) is 25.2 Å². The highest BCUT2D eigenvalue weighted by molar-refractivity contribution is 14.0. The molecule has 2 heterocycles. The fourth-order valence-corrected chi connectivity index (χ4v) is 4.95. The Kier molecular flexibility index (Phi) is 8.28. The molecule has 1 N–H and O–H groups in total. The van der Waals surface area contributed by atoms with E-state index in [0.717, 1.165) is 23.3 Å². The van der Waals surface area contributed by atoms with Crippen LogP contribution in [0.5, 0.6) is 0 Å². The van der Waals surface area contributed by atoms with E-state index in [0.29, 0.717) is 19.6 Å². The van der Waals surface area contributed by atoms with Crippen LogP contribution < -0.4 is 5.32 Å². The molecule has 2 rings (SSSR count). The third-order valence-electron chi connectivity index (χ3n) is 3.93. The van der Waals surface area contributed by atoms with Gasteiger partial charge < -0.3 is 10.2 Å². The predicted molar refractivity (Wildman–Crippen MR) is 114 cm³/mol. The van der Waals surface area contributed by atoms with Crippen LogP contribution >= 0.6 is 46.9 Å². The van der Waals surface area contributed by atoms with Crippen LogP contribution in [0, 0.1) is 0 Å². The highest BCUT2D eigenvalue weighted by atomic mass is 127. The van der Waals surface area contributed by atoms with Gasteiger partial charge in [0.15, 0.2) is 15.8 Å². The van der Waals surface area contributed by atoms with E-state index < -0.39 is 14.6 Å². The van der Waals surface area contributed by atoms with Crippen LogP contribution in [0.1, 0.15) is 25.6 Å². The third-order valence-corrected chi connectivity index (χ3v) is 7.75. The molecular formula is C15H25ClIN3O2S2. The van der Waals surface area contributed by atoms with Crippen LogP contribution in [-0.4, -0.2) is 56.0 Å². The average Bonchev–Trinajstić information content (AvgIpc) is 2.87. The van der Waals surface area contributed by atoms with Crippen molar-refractivity contribution in [3.63, 3.8) is 0 Å². The zero-order valence-corrected chi connectivity index (χ0v) is 18.9. The van der Waals surface area contributed by atoms with E-state index >= 15 is 0 Å². The van der Waals surface area contributed by atoms with Crippen molar-refractivity contribution in [1.82, 2.24) is 10.2 Å². The molecule has 0 amide bonds. The van der Waals surface area contributed by atoms with Gasteiger partial charge in [0.2, 0.25) is 0 Å². The second-order valence-corrected chi connectivity index (χ2v) is 10.7. The van der Waals surface area contributed by atoms with Crippen LogP contribution in [0.25, 0.3) is 0 Å². The van der Waals surface area contributed by atoms with Crippen molar-refractivity contribution in [2.24, 2.45) is 4.99 Å². The molecule has 0 saturated carbocycles. The number of nitrogens with one attached hydrogen (secondary N) is 1. The number of hydrogen-bond donors (Lipinski definition) is 1. The molecule has 9 heteroatoms. The standard InChI is InChI=1S/C15H24ClN3O2S2.HI/c1-4-17-14(18-8-7-12-5-6-13(16)22-12)19-9-10-23(20,21)15(2,3)11-19;/h5-6H,4,7-11H2,1-3H3,(H,17,18);1H. The number of thiophene rings is 1. The Balaban J connectivity index is 0.00000288. The average molecular weight is 506 g/mol. The van der Waals surface area contributed by atoms with E-state index in [-0.39, 0.29) is 29.7 Å². The maximum atomic E-state index is 12.1. The number of aliphatic imine (C=N–C) groups is 1. The highest BCUT2D eigenvalue weighted by Crippen LogP contribution is 2.24. The summed E-state index contributed by atoms with van der Waals surface area (Å²) in [5.41, 5.74) is 0. The van der Waals surface area contributed by atoms with Crippen molar-refractivity contribution >= 4 is 62.7 Å². The van der Waals surface area contributed by atoms with E-state index in [9.17, 15) is 8.42 Å². The normalized spacial score (nSPS) is 19.7. The van der Waals surface area contributed by atoms with E-state index in [1.807, 2.05) is 24.0 Å². The molecule has 24 heavy (non-hydrogen) atoms. The quantitative estimate of drug-likeness (QED) is 0.388. The molecule has 1 aliphatic heterocycles. The van der Waals surface area contributed by atoms with E-state index in [4.69, 9.17) is 11.6 Å². The summed E-state index contributed by atoms with van der Waals surface area (Å²) in [5, 5.41) is 3.27. The van der Waals surface area contributed by atoms with Crippen molar-refractivity contribution in [2.75, 3.05) is 31.9 Å². The lowest BCUT2D eigenvalue weighted by molar-refractivity contribution is 0.353. The van der Waals surface area contributed by atoms with Crippen LogP contribution in [0.2, 0.25) is 4.34 Å². The minimum Gasteiger partial charge on any atom is -0.357 e. The largest absolute Gasteiger partial charge is 0.357 e. The van der Waals surface area contributed by atoms with E-state index in [1.165, 1.54) is 4.88 Å². The lowest BCUT2D eigenvalue weighted by Gasteiger charge is -2.39. The molecule has 0 aliphatic carbocycles. The van der Waals surface area contributed by atoms with Crippen LogP contribution in [0.4, 0.5) is 0 Å². The number of rotatable bonds is 4. The smallest absolute Gasteiger partial charge is 0.194 e. The number of sulfone groups is 1. The first-order chi connectivity index (χ1) is 10.7. The maximum Gasteiger partial charge on any atom is 0.194 e. The molecule has 138 valence electrons. The first-order valence-electron chi connectivity index (χ1n) is 7.75. The molecule has 5 nitrogen and oxygen atoms in total. The van der Waals surface area contributed by atoms with Gasteiger partial charge in [-0.1, -0.05) is 11.6 Å². The second kappa shape index (κ2) is 9.05. The highest BCUT2D eigenvalue weighted by Gasteiger charge is 2.40. The van der Waals surface area contributed by atoms with Gasteiger partial charge in [-0.15, -0.1) is 35.3 Å². The summed E-state index contributed by atoms with van der Waals surface area (Å²) in [7, 11) is -3.04. The van der Waals surface area contributed by atoms with Crippen molar-refractivity contribution in [3.05, 3.63) is 21.3 Å². The molecule has 1 saturated heterocycles. The lowest BCUT2D eigenvalue weighted by atomic mass is 10.2. The van der Waals surface area contributed by atoms with Gasteiger partial charge in [-0.3, -0.25) is 4.99 Å². The molecule has 1 fully saturated rings. The predicted octanol–water partition coefficient (Wildman–Crippen LogP) is 3.04. The molecule has 0 atom stereocenters. The summed E-state index contributed by atoms with van der Waals surface area (Å²) in [4.78, 5) is 7.91. The summed E-state index contributed by atoms with van der Waals surface area (Å²) in [5.74, 6) is 0.962. The Morgan fingerprint density at radius 2 is 2.17 bits per heavy atom. The summed E-state index contributed by atoms with van der Waals surface area (Å²) in [6.07, 6.45) is 0.835. The fraction of sp³-hybridized carbons (Fsp3) is 0.667. The Bertz CT molecular complexity index is 674. The summed E-state index contributed by atoms with van der Waals surface area (Å²) in [6.45, 7) is 7.95. The van der Waals surface area contributed by atoms with Crippen molar-refractivity contribution in [3.8, 4) is 0 Å². The molecule has 0 spiro atoms. The lowest BCUT2D eigenvalue weighted by Crippen LogP contribution is -2.57. The zero-order valence-electron chi connectivity index (χ0n) is 14.2. The monoisotopic (exact) mass is 505 g/mol. The molecule has 0 aromatic carbocycles. The minimum atomic E-state index is -3.04. The molecular weight excluding hydrogens is 481 g/mol. The number of hydrogen-bond acceptors (Lipinski definition) is 4. The maximum absolute atomic E-state index is 12.1. The first kappa shape index (κ1) is 22.0. The number of nitrogens with zero attached hydrogens (tertiary/aromatic N) is 2. The SMILES string of the molecule is CCNC(=NCCc1ccc(Cl)s1)N1CCS(=O)(=O)C(C)(C)C1.I. The van der Waals surface area contributed by atoms with E-state index in [2.05, 4.69) is 10.3 Å². The summed E-state index contributed by atoms with van der Waals surface area (Å²) < 4.78 is 24.3. The Hall–Kier alpha value is -0.0600. The van der Waals surface area contributed by atoms with Gasteiger partial charge >= 0.3 is 0 Å². The fourth-order valence-electron chi connectivity index (χ4n) is 2.51. The molecule has 1 aromatic heterocycles. The number of halogens is 2. The van der Waals surface area contributed by atoms with Crippen LogP contribution in [0.3, 0.4) is 0 Å². The Morgan fingerprint density at radius 1 is 1.46 bits per heavy atom. The van der Waals surface area contributed by atoms with Gasteiger partial charge in [0, 0.05) is 37.5 Å². The van der Waals surface area contributed by atoms with Gasteiger partial charge in [0.25, 0.3) is 0 Å². The molecule has 0 bridgehead atoms. The molecule has 1 aromatic rings. The van der Waals surface area contributed by atoms with Gasteiger partial charge in [-0.2, -0.15) is 0 Å². The van der Waals surface area contributed by atoms with Crippen molar-refractivity contribution in [2.45, 2.75) is 31.9 Å². The Morgan fingerprint density at radius 3 is 2.71 bits per heavy atom. The minimum absolute atomic E-state index is 0. The molecule has 1 aliphatic rings. The van der Waals surface area contributed by atoms with Gasteiger partial charge in [-0.05, 0) is 32.9 Å². The Labute approximate surface area is 170 Å². The first-order valence-corrected chi connectivity index (χ1v) is 10.6. The second-order valence-electron chi connectivity index (χ2n) is 6.19. The third kappa shape index (κ3) is 5.47. The topological polar surface area (TPSA) is 61.8 Å².